The molecule has 3 heteroatoms. The molecule has 0 heterocycles. The quantitative estimate of drug-likeness (QED) is 0.848. The van der Waals surface area contributed by atoms with Gasteiger partial charge in [-0.2, -0.15) is 0 Å². The standard InChI is InChI=1S/C18H27FN2/c1-21(13-14-6-3-2-4-7-14)18-15(8-5-9-17(18)19)12-20-16-10-11-16/h5,8-9,14,16,20H,2-4,6-7,10-13H2,1H3. The molecule has 1 aromatic rings. The second kappa shape index (κ2) is 6.78. The number of rotatable bonds is 6. The molecule has 2 aliphatic carbocycles. The smallest absolute Gasteiger partial charge is 0.146 e. The highest BCUT2D eigenvalue weighted by Crippen LogP contribution is 2.29. The molecule has 1 N–H and O–H groups in total. The van der Waals surface area contributed by atoms with Crippen molar-refractivity contribution in [2.75, 3.05) is 18.5 Å². The molecule has 2 saturated carbocycles. The monoisotopic (exact) mass is 290 g/mol. The lowest BCUT2D eigenvalue weighted by molar-refractivity contribution is 0.361. The van der Waals surface area contributed by atoms with Crippen LogP contribution < -0.4 is 10.2 Å². The van der Waals surface area contributed by atoms with E-state index in [1.54, 1.807) is 6.07 Å². The van der Waals surface area contributed by atoms with E-state index in [9.17, 15) is 4.39 Å². The molecule has 0 aliphatic heterocycles. The zero-order chi connectivity index (χ0) is 14.7. The van der Waals surface area contributed by atoms with Gasteiger partial charge in [0.05, 0.1) is 5.69 Å². The predicted octanol–water partition coefficient (Wildman–Crippen LogP) is 4.09. The highest BCUT2D eigenvalue weighted by molar-refractivity contribution is 5.54. The van der Waals surface area contributed by atoms with Crippen LogP contribution >= 0.6 is 0 Å². The van der Waals surface area contributed by atoms with Gasteiger partial charge in [-0.25, -0.2) is 4.39 Å². The third kappa shape index (κ3) is 3.97. The van der Waals surface area contributed by atoms with Crippen molar-refractivity contribution < 1.29 is 4.39 Å². The number of para-hydroxylation sites is 1. The first-order valence-corrected chi connectivity index (χ1v) is 8.46. The number of halogens is 1. The lowest BCUT2D eigenvalue weighted by atomic mass is 9.89. The van der Waals surface area contributed by atoms with Gasteiger partial charge >= 0.3 is 0 Å². The van der Waals surface area contributed by atoms with E-state index in [-0.39, 0.29) is 5.82 Å². The van der Waals surface area contributed by atoms with E-state index >= 15 is 0 Å². The summed E-state index contributed by atoms with van der Waals surface area (Å²) in [6.07, 6.45) is 9.18. The van der Waals surface area contributed by atoms with Gasteiger partial charge < -0.3 is 10.2 Å². The van der Waals surface area contributed by atoms with Crippen LogP contribution in [0.4, 0.5) is 10.1 Å². The predicted molar refractivity (Wildman–Crippen MR) is 86.1 cm³/mol. The van der Waals surface area contributed by atoms with Crippen molar-refractivity contribution in [2.24, 2.45) is 5.92 Å². The van der Waals surface area contributed by atoms with Crippen LogP contribution in [-0.4, -0.2) is 19.6 Å². The van der Waals surface area contributed by atoms with Gasteiger partial charge in [-0.15, -0.1) is 0 Å². The normalized spacial score (nSPS) is 19.7. The molecular formula is C18H27FN2. The molecule has 0 aromatic heterocycles. The van der Waals surface area contributed by atoms with Crippen LogP contribution in [0.2, 0.25) is 0 Å². The maximum absolute atomic E-state index is 14.3. The zero-order valence-electron chi connectivity index (χ0n) is 13.1. The minimum absolute atomic E-state index is 0.0802. The molecule has 1 aromatic carbocycles. The van der Waals surface area contributed by atoms with Crippen LogP contribution in [0.25, 0.3) is 0 Å². The summed E-state index contributed by atoms with van der Waals surface area (Å²) in [6.45, 7) is 1.77. The van der Waals surface area contributed by atoms with E-state index in [0.29, 0.717) is 6.04 Å². The molecule has 21 heavy (non-hydrogen) atoms. The first kappa shape index (κ1) is 14.8. The lowest BCUT2D eigenvalue weighted by Crippen LogP contribution is -2.29. The average molecular weight is 290 g/mol. The average Bonchev–Trinajstić information content (AvgIpc) is 3.30. The summed E-state index contributed by atoms with van der Waals surface area (Å²) in [4.78, 5) is 2.15. The SMILES string of the molecule is CN(CC1CCCCC1)c1c(F)cccc1CNC1CC1. The topological polar surface area (TPSA) is 15.3 Å². The fourth-order valence-electron chi connectivity index (χ4n) is 3.52. The maximum Gasteiger partial charge on any atom is 0.146 e. The van der Waals surface area contributed by atoms with Crippen molar-refractivity contribution in [3.8, 4) is 0 Å². The van der Waals surface area contributed by atoms with Crippen LogP contribution in [0.15, 0.2) is 18.2 Å². The molecule has 2 fully saturated rings. The van der Waals surface area contributed by atoms with Gasteiger partial charge in [-0.05, 0) is 43.2 Å². The Labute approximate surface area is 127 Å². The van der Waals surface area contributed by atoms with Crippen molar-refractivity contribution in [3.63, 3.8) is 0 Å². The van der Waals surface area contributed by atoms with Gasteiger partial charge in [0.25, 0.3) is 0 Å². The Morgan fingerprint density at radius 3 is 2.62 bits per heavy atom. The van der Waals surface area contributed by atoms with Gasteiger partial charge in [0.15, 0.2) is 0 Å². The Morgan fingerprint density at radius 2 is 1.90 bits per heavy atom. The highest BCUT2D eigenvalue weighted by atomic mass is 19.1. The fraction of sp³-hybridized carbons (Fsp3) is 0.667. The summed E-state index contributed by atoms with van der Waals surface area (Å²) in [7, 11) is 2.05. The van der Waals surface area contributed by atoms with Gasteiger partial charge in [-0.1, -0.05) is 31.4 Å². The second-order valence-electron chi connectivity index (χ2n) is 6.79. The molecule has 0 amide bonds. The Kier molecular flexibility index (Phi) is 4.79. The van der Waals surface area contributed by atoms with E-state index in [1.807, 2.05) is 13.1 Å². The largest absolute Gasteiger partial charge is 0.372 e. The highest BCUT2D eigenvalue weighted by Gasteiger charge is 2.22. The van der Waals surface area contributed by atoms with Crippen molar-refractivity contribution in [1.82, 2.24) is 5.32 Å². The Bertz CT molecular complexity index is 464. The Morgan fingerprint density at radius 1 is 1.14 bits per heavy atom. The summed E-state index contributed by atoms with van der Waals surface area (Å²) in [5.74, 6) is 0.649. The molecular weight excluding hydrogens is 263 g/mol. The first-order chi connectivity index (χ1) is 10.2. The van der Waals surface area contributed by atoms with Crippen LogP contribution in [0, 0.1) is 11.7 Å². The maximum atomic E-state index is 14.3. The van der Waals surface area contributed by atoms with Crippen LogP contribution in [0.1, 0.15) is 50.5 Å². The minimum atomic E-state index is -0.0802. The summed E-state index contributed by atoms with van der Waals surface area (Å²) in [5, 5.41) is 3.51. The van der Waals surface area contributed by atoms with Crippen molar-refractivity contribution in [3.05, 3.63) is 29.6 Å². The van der Waals surface area contributed by atoms with Gasteiger partial charge in [0.2, 0.25) is 0 Å². The molecule has 3 rings (SSSR count). The third-order valence-corrected chi connectivity index (χ3v) is 4.87. The molecule has 2 nitrogen and oxygen atoms in total. The Hall–Kier alpha value is -1.09. The third-order valence-electron chi connectivity index (χ3n) is 4.87. The van der Waals surface area contributed by atoms with Crippen LogP contribution in [0.5, 0.6) is 0 Å². The number of nitrogens with one attached hydrogen (secondary N) is 1. The fourth-order valence-corrected chi connectivity index (χ4v) is 3.52. The van der Waals surface area contributed by atoms with E-state index in [4.69, 9.17) is 0 Å². The summed E-state index contributed by atoms with van der Waals surface area (Å²) >= 11 is 0. The molecule has 0 spiro atoms. The molecule has 0 unspecified atom stereocenters. The molecule has 2 aliphatic rings. The van der Waals surface area contributed by atoms with Crippen LogP contribution in [-0.2, 0) is 6.54 Å². The molecule has 116 valence electrons. The molecule has 0 radical (unpaired) electrons. The van der Waals surface area contributed by atoms with Crippen molar-refractivity contribution in [2.45, 2.75) is 57.5 Å². The summed E-state index contributed by atoms with van der Waals surface area (Å²) in [5.41, 5.74) is 1.90. The van der Waals surface area contributed by atoms with E-state index in [0.717, 1.165) is 30.3 Å². The molecule has 0 atom stereocenters. The first-order valence-electron chi connectivity index (χ1n) is 8.46. The number of anilines is 1. The van der Waals surface area contributed by atoms with E-state index in [1.165, 1.54) is 44.9 Å². The van der Waals surface area contributed by atoms with Gasteiger partial charge in [0, 0.05) is 26.2 Å². The number of hydrogen-bond acceptors (Lipinski definition) is 2. The minimum Gasteiger partial charge on any atom is -0.372 e. The van der Waals surface area contributed by atoms with Gasteiger partial charge in [0.1, 0.15) is 5.82 Å². The van der Waals surface area contributed by atoms with Crippen molar-refractivity contribution >= 4 is 5.69 Å². The zero-order valence-corrected chi connectivity index (χ0v) is 13.1. The number of nitrogens with zero attached hydrogens (tertiary/aromatic N) is 1. The summed E-state index contributed by atoms with van der Waals surface area (Å²) < 4.78 is 14.3. The molecule has 0 bridgehead atoms. The second-order valence-corrected chi connectivity index (χ2v) is 6.79. The van der Waals surface area contributed by atoms with Crippen molar-refractivity contribution in [1.29, 1.82) is 0 Å². The van der Waals surface area contributed by atoms with Gasteiger partial charge in [-0.3, -0.25) is 0 Å². The number of benzene rings is 1. The summed E-state index contributed by atoms with van der Waals surface area (Å²) in [6, 6.07) is 6.14. The number of hydrogen-bond donors (Lipinski definition) is 1. The van der Waals surface area contributed by atoms with E-state index in [2.05, 4.69) is 16.3 Å². The molecule has 0 saturated heterocycles. The van der Waals surface area contributed by atoms with E-state index < -0.39 is 0 Å². The Balaban J connectivity index is 1.68. The lowest BCUT2D eigenvalue weighted by Gasteiger charge is -2.30. The van der Waals surface area contributed by atoms with Crippen LogP contribution in [0.3, 0.4) is 0 Å².